The van der Waals surface area contributed by atoms with Gasteiger partial charge in [0.05, 0.1) is 13.2 Å². The number of benzene rings is 1. The molecule has 20 heavy (non-hydrogen) atoms. The summed E-state index contributed by atoms with van der Waals surface area (Å²) in [6.07, 6.45) is 1.07. The van der Waals surface area contributed by atoms with E-state index in [1.54, 1.807) is 0 Å². The molecule has 1 N–H and O–H groups in total. The molecule has 0 aliphatic carbocycles. The standard InChI is InChI=1S/C15H21N3O2/c1-4-11(3)16-10-14-17-15(18-20-14)12-7-6-8-13(9-12)19-5-2/h6-9,11,16H,4-5,10H2,1-3H3. The second-order valence-electron chi connectivity index (χ2n) is 4.66. The summed E-state index contributed by atoms with van der Waals surface area (Å²) in [5.41, 5.74) is 0.898. The van der Waals surface area contributed by atoms with Crippen molar-refractivity contribution in [2.75, 3.05) is 6.61 Å². The molecule has 0 saturated heterocycles. The first kappa shape index (κ1) is 14.5. The number of hydrogen-bond donors (Lipinski definition) is 1. The fourth-order valence-electron chi connectivity index (χ4n) is 1.74. The smallest absolute Gasteiger partial charge is 0.240 e. The van der Waals surface area contributed by atoms with Crippen LogP contribution < -0.4 is 10.1 Å². The van der Waals surface area contributed by atoms with Gasteiger partial charge in [-0.1, -0.05) is 24.2 Å². The van der Waals surface area contributed by atoms with E-state index >= 15 is 0 Å². The number of nitrogens with one attached hydrogen (secondary N) is 1. The molecular weight excluding hydrogens is 254 g/mol. The van der Waals surface area contributed by atoms with Crippen LogP contribution in [-0.2, 0) is 6.54 Å². The minimum atomic E-state index is 0.437. The summed E-state index contributed by atoms with van der Waals surface area (Å²) >= 11 is 0. The van der Waals surface area contributed by atoms with Crippen LogP contribution >= 0.6 is 0 Å². The largest absolute Gasteiger partial charge is 0.494 e. The molecule has 1 aromatic heterocycles. The molecule has 1 unspecified atom stereocenters. The first-order chi connectivity index (χ1) is 9.72. The van der Waals surface area contributed by atoms with Gasteiger partial charge in [-0.25, -0.2) is 0 Å². The van der Waals surface area contributed by atoms with E-state index in [0.717, 1.165) is 17.7 Å². The van der Waals surface area contributed by atoms with E-state index in [9.17, 15) is 0 Å². The first-order valence-corrected chi connectivity index (χ1v) is 7.02. The Balaban J connectivity index is 2.06. The lowest BCUT2D eigenvalue weighted by Crippen LogP contribution is -2.24. The van der Waals surface area contributed by atoms with Crippen molar-refractivity contribution in [3.63, 3.8) is 0 Å². The van der Waals surface area contributed by atoms with Gasteiger partial charge in [-0.3, -0.25) is 0 Å². The maximum Gasteiger partial charge on any atom is 0.240 e. The fourth-order valence-corrected chi connectivity index (χ4v) is 1.74. The molecule has 5 heteroatoms. The predicted molar refractivity (Wildman–Crippen MR) is 77.5 cm³/mol. The molecule has 0 aliphatic heterocycles. The summed E-state index contributed by atoms with van der Waals surface area (Å²) in [5.74, 6) is 2.00. The molecule has 0 bridgehead atoms. The van der Waals surface area contributed by atoms with Crippen LogP contribution in [0.3, 0.4) is 0 Å². The van der Waals surface area contributed by atoms with Crippen LogP contribution in [0, 0.1) is 0 Å². The minimum Gasteiger partial charge on any atom is -0.494 e. The zero-order valence-electron chi connectivity index (χ0n) is 12.2. The lowest BCUT2D eigenvalue weighted by Gasteiger charge is -2.07. The van der Waals surface area contributed by atoms with Gasteiger partial charge in [-0.15, -0.1) is 0 Å². The highest BCUT2D eigenvalue weighted by Crippen LogP contribution is 2.21. The Bertz CT molecular complexity index is 539. The third kappa shape index (κ3) is 3.81. The molecule has 0 amide bonds. The average molecular weight is 275 g/mol. The van der Waals surface area contributed by atoms with Crippen molar-refractivity contribution in [2.24, 2.45) is 0 Å². The van der Waals surface area contributed by atoms with Gasteiger partial charge in [-0.05, 0) is 32.4 Å². The van der Waals surface area contributed by atoms with E-state index < -0.39 is 0 Å². The van der Waals surface area contributed by atoms with Gasteiger partial charge in [-0.2, -0.15) is 4.98 Å². The highest BCUT2D eigenvalue weighted by Gasteiger charge is 2.10. The molecular formula is C15H21N3O2. The number of nitrogens with zero attached hydrogens (tertiary/aromatic N) is 2. The fraction of sp³-hybridized carbons (Fsp3) is 0.467. The molecule has 1 atom stereocenters. The summed E-state index contributed by atoms with van der Waals surface area (Å²) in [5, 5.41) is 7.33. The highest BCUT2D eigenvalue weighted by molar-refractivity contribution is 5.56. The van der Waals surface area contributed by atoms with Gasteiger partial charge in [0.2, 0.25) is 11.7 Å². The van der Waals surface area contributed by atoms with Gasteiger partial charge in [0, 0.05) is 11.6 Å². The summed E-state index contributed by atoms with van der Waals surface area (Å²) < 4.78 is 10.7. The molecule has 0 radical (unpaired) electrons. The van der Waals surface area contributed by atoms with Gasteiger partial charge in [0.1, 0.15) is 5.75 Å². The Morgan fingerprint density at radius 1 is 1.35 bits per heavy atom. The minimum absolute atomic E-state index is 0.437. The number of rotatable bonds is 7. The summed E-state index contributed by atoms with van der Waals surface area (Å²) in [6, 6.07) is 8.14. The van der Waals surface area contributed by atoms with E-state index in [1.807, 2.05) is 31.2 Å². The van der Waals surface area contributed by atoms with Crippen molar-refractivity contribution in [1.82, 2.24) is 15.5 Å². The van der Waals surface area contributed by atoms with Gasteiger partial charge < -0.3 is 14.6 Å². The van der Waals surface area contributed by atoms with Crippen LogP contribution in [0.25, 0.3) is 11.4 Å². The highest BCUT2D eigenvalue weighted by atomic mass is 16.5. The van der Waals surface area contributed by atoms with Crippen molar-refractivity contribution in [3.8, 4) is 17.1 Å². The van der Waals surface area contributed by atoms with Crippen molar-refractivity contribution >= 4 is 0 Å². The van der Waals surface area contributed by atoms with E-state index in [1.165, 1.54) is 0 Å². The van der Waals surface area contributed by atoms with E-state index in [-0.39, 0.29) is 0 Å². The average Bonchev–Trinajstić information content (AvgIpc) is 2.94. The molecule has 2 aromatic rings. The zero-order chi connectivity index (χ0) is 14.4. The molecule has 0 saturated carbocycles. The second kappa shape index (κ2) is 7.05. The lowest BCUT2D eigenvalue weighted by molar-refractivity contribution is 0.340. The Kier molecular flexibility index (Phi) is 5.12. The van der Waals surface area contributed by atoms with Crippen LogP contribution in [0.4, 0.5) is 0 Å². The van der Waals surface area contributed by atoms with E-state index in [2.05, 4.69) is 29.3 Å². The van der Waals surface area contributed by atoms with Crippen LogP contribution in [0.2, 0.25) is 0 Å². The Morgan fingerprint density at radius 2 is 2.20 bits per heavy atom. The summed E-state index contributed by atoms with van der Waals surface area (Å²) in [4.78, 5) is 4.39. The van der Waals surface area contributed by atoms with Crippen LogP contribution in [0.15, 0.2) is 28.8 Å². The van der Waals surface area contributed by atoms with Gasteiger partial charge in [0.25, 0.3) is 0 Å². The lowest BCUT2D eigenvalue weighted by atomic mass is 10.2. The van der Waals surface area contributed by atoms with Crippen LogP contribution in [0.5, 0.6) is 5.75 Å². The normalized spacial score (nSPS) is 12.3. The second-order valence-corrected chi connectivity index (χ2v) is 4.66. The van der Waals surface area contributed by atoms with E-state index in [0.29, 0.717) is 30.9 Å². The maximum atomic E-state index is 5.47. The molecule has 5 nitrogen and oxygen atoms in total. The Labute approximate surface area is 119 Å². The van der Waals surface area contributed by atoms with Crippen molar-refractivity contribution in [1.29, 1.82) is 0 Å². The van der Waals surface area contributed by atoms with Crippen molar-refractivity contribution in [3.05, 3.63) is 30.2 Å². The number of hydrogen-bond acceptors (Lipinski definition) is 5. The number of ether oxygens (including phenoxy) is 1. The molecule has 0 aliphatic rings. The van der Waals surface area contributed by atoms with Crippen LogP contribution in [-0.4, -0.2) is 22.8 Å². The Morgan fingerprint density at radius 3 is 2.95 bits per heavy atom. The van der Waals surface area contributed by atoms with Gasteiger partial charge in [0.15, 0.2) is 0 Å². The van der Waals surface area contributed by atoms with Crippen LogP contribution in [0.1, 0.15) is 33.1 Å². The third-order valence-corrected chi connectivity index (χ3v) is 3.09. The topological polar surface area (TPSA) is 60.2 Å². The van der Waals surface area contributed by atoms with Gasteiger partial charge >= 0.3 is 0 Å². The van der Waals surface area contributed by atoms with Crippen molar-refractivity contribution < 1.29 is 9.26 Å². The van der Waals surface area contributed by atoms with Crippen molar-refractivity contribution in [2.45, 2.75) is 39.8 Å². The zero-order valence-corrected chi connectivity index (χ0v) is 12.2. The molecule has 2 rings (SSSR count). The predicted octanol–water partition coefficient (Wildman–Crippen LogP) is 3.02. The Hall–Kier alpha value is -1.88. The summed E-state index contributed by atoms with van der Waals surface area (Å²) in [6.45, 7) is 7.45. The number of aromatic nitrogens is 2. The quantitative estimate of drug-likeness (QED) is 0.841. The molecule has 0 fully saturated rings. The summed E-state index contributed by atoms with van der Waals surface area (Å²) in [7, 11) is 0. The monoisotopic (exact) mass is 275 g/mol. The molecule has 0 spiro atoms. The SMILES string of the molecule is CCOc1cccc(-c2noc(CNC(C)CC)n2)c1. The maximum absolute atomic E-state index is 5.47. The molecule has 108 valence electrons. The third-order valence-electron chi connectivity index (χ3n) is 3.09. The molecule has 1 aromatic carbocycles. The van der Waals surface area contributed by atoms with E-state index in [4.69, 9.17) is 9.26 Å². The molecule has 1 heterocycles. The first-order valence-electron chi connectivity index (χ1n) is 7.02.